The fourth-order valence-corrected chi connectivity index (χ4v) is 1.98. The Morgan fingerprint density at radius 2 is 2.08 bits per heavy atom. The van der Waals surface area contributed by atoms with Crippen LogP contribution in [0.2, 0.25) is 0 Å². The summed E-state index contributed by atoms with van der Waals surface area (Å²) in [7, 11) is 0. The van der Waals surface area contributed by atoms with Crippen LogP contribution in [0.15, 0.2) is 0 Å². The summed E-state index contributed by atoms with van der Waals surface area (Å²) >= 11 is 0. The Labute approximate surface area is 75.9 Å². The quantitative estimate of drug-likeness (QED) is 0.630. The number of hydrogen-bond donors (Lipinski definition) is 2. The van der Waals surface area contributed by atoms with Crippen LogP contribution in [0.4, 0.5) is 0 Å². The van der Waals surface area contributed by atoms with Crippen LogP contribution in [-0.4, -0.2) is 19.1 Å². The molecular formula is C10H22N2. The minimum atomic E-state index is 0.749. The van der Waals surface area contributed by atoms with E-state index in [-0.39, 0.29) is 0 Å². The maximum Gasteiger partial charge on any atom is 0.00770 e. The van der Waals surface area contributed by atoms with Crippen LogP contribution in [0.3, 0.4) is 0 Å². The van der Waals surface area contributed by atoms with Crippen LogP contribution in [-0.2, 0) is 0 Å². The van der Waals surface area contributed by atoms with E-state index in [2.05, 4.69) is 12.2 Å². The Morgan fingerprint density at radius 1 is 1.25 bits per heavy atom. The van der Waals surface area contributed by atoms with E-state index >= 15 is 0 Å². The van der Waals surface area contributed by atoms with E-state index in [1.54, 1.807) is 0 Å². The van der Waals surface area contributed by atoms with E-state index in [1.807, 2.05) is 0 Å². The van der Waals surface area contributed by atoms with Crippen molar-refractivity contribution in [3.05, 3.63) is 0 Å². The Kier molecular flexibility index (Phi) is 4.62. The van der Waals surface area contributed by atoms with Crippen LogP contribution in [0, 0.1) is 5.92 Å². The summed E-state index contributed by atoms with van der Waals surface area (Å²) in [5.74, 6) is 0.940. The summed E-state index contributed by atoms with van der Waals surface area (Å²) in [6.45, 7) is 4.12. The van der Waals surface area contributed by atoms with E-state index in [0.717, 1.165) is 25.0 Å². The van der Waals surface area contributed by atoms with Crippen molar-refractivity contribution >= 4 is 0 Å². The van der Waals surface area contributed by atoms with Crippen LogP contribution in [0.25, 0.3) is 0 Å². The largest absolute Gasteiger partial charge is 0.329 e. The zero-order valence-corrected chi connectivity index (χ0v) is 8.18. The molecule has 0 saturated heterocycles. The smallest absolute Gasteiger partial charge is 0.00770 e. The fraction of sp³-hybridized carbons (Fsp3) is 1.00. The summed E-state index contributed by atoms with van der Waals surface area (Å²) in [6, 6.07) is 0.749. The van der Waals surface area contributed by atoms with Gasteiger partial charge in [-0.15, -0.1) is 0 Å². The molecule has 2 heteroatoms. The summed E-state index contributed by atoms with van der Waals surface area (Å²) < 4.78 is 0. The summed E-state index contributed by atoms with van der Waals surface area (Å²) in [6.07, 6.45) is 6.90. The van der Waals surface area contributed by atoms with Crippen molar-refractivity contribution in [2.24, 2.45) is 11.7 Å². The molecule has 2 nitrogen and oxygen atoms in total. The van der Waals surface area contributed by atoms with Crippen molar-refractivity contribution in [3.63, 3.8) is 0 Å². The number of nitrogens with two attached hydrogens (primary N) is 1. The van der Waals surface area contributed by atoms with Gasteiger partial charge in [-0.3, -0.25) is 0 Å². The van der Waals surface area contributed by atoms with Gasteiger partial charge in [0, 0.05) is 19.1 Å². The van der Waals surface area contributed by atoms with Crippen molar-refractivity contribution in [2.45, 2.75) is 45.1 Å². The maximum absolute atomic E-state index is 5.45. The second-order valence-electron chi connectivity index (χ2n) is 4.05. The Morgan fingerprint density at radius 3 is 2.83 bits per heavy atom. The molecule has 72 valence electrons. The molecule has 0 aliphatic heterocycles. The standard InChI is InChI=1S/C10H22N2/c1-9-3-2-4-10(6-5-9)12-8-7-11/h9-10,12H,2-8,11H2,1H3. The molecule has 0 aromatic rings. The van der Waals surface area contributed by atoms with Crippen molar-refractivity contribution in [3.8, 4) is 0 Å². The highest BCUT2D eigenvalue weighted by Crippen LogP contribution is 2.22. The lowest BCUT2D eigenvalue weighted by atomic mass is 10.0. The van der Waals surface area contributed by atoms with Gasteiger partial charge in [0.2, 0.25) is 0 Å². The molecule has 1 saturated carbocycles. The molecule has 1 aliphatic carbocycles. The van der Waals surface area contributed by atoms with Gasteiger partial charge in [-0.1, -0.05) is 19.8 Å². The van der Waals surface area contributed by atoms with Crippen LogP contribution in [0.1, 0.15) is 39.0 Å². The predicted molar refractivity (Wildman–Crippen MR) is 53.1 cm³/mol. The van der Waals surface area contributed by atoms with Gasteiger partial charge in [-0.2, -0.15) is 0 Å². The first-order valence-corrected chi connectivity index (χ1v) is 5.26. The average molecular weight is 170 g/mol. The van der Waals surface area contributed by atoms with E-state index in [9.17, 15) is 0 Å². The Bertz CT molecular complexity index is 112. The molecule has 0 amide bonds. The van der Waals surface area contributed by atoms with E-state index in [0.29, 0.717) is 0 Å². The second-order valence-corrected chi connectivity index (χ2v) is 4.05. The Hall–Kier alpha value is -0.0800. The molecule has 0 heterocycles. The molecule has 1 fully saturated rings. The van der Waals surface area contributed by atoms with Gasteiger partial charge >= 0.3 is 0 Å². The van der Waals surface area contributed by atoms with Gasteiger partial charge in [0.05, 0.1) is 0 Å². The van der Waals surface area contributed by atoms with Crippen molar-refractivity contribution in [2.75, 3.05) is 13.1 Å². The molecule has 3 N–H and O–H groups in total. The molecule has 0 aromatic carbocycles. The number of nitrogens with one attached hydrogen (secondary N) is 1. The highest BCUT2D eigenvalue weighted by Gasteiger charge is 2.14. The highest BCUT2D eigenvalue weighted by molar-refractivity contribution is 4.73. The minimum absolute atomic E-state index is 0.749. The molecule has 12 heavy (non-hydrogen) atoms. The molecule has 0 bridgehead atoms. The first kappa shape index (κ1) is 10.0. The van der Waals surface area contributed by atoms with Gasteiger partial charge < -0.3 is 11.1 Å². The average Bonchev–Trinajstić information content (AvgIpc) is 2.27. The highest BCUT2D eigenvalue weighted by atomic mass is 14.9. The van der Waals surface area contributed by atoms with Crippen molar-refractivity contribution in [1.82, 2.24) is 5.32 Å². The van der Waals surface area contributed by atoms with Crippen LogP contribution < -0.4 is 11.1 Å². The first-order valence-electron chi connectivity index (χ1n) is 5.26. The van der Waals surface area contributed by atoms with Crippen molar-refractivity contribution in [1.29, 1.82) is 0 Å². The third kappa shape index (κ3) is 3.55. The molecule has 2 unspecified atom stereocenters. The maximum atomic E-state index is 5.45. The van der Waals surface area contributed by atoms with E-state index in [1.165, 1.54) is 32.1 Å². The second kappa shape index (κ2) is 5.55. The number of hydrogen-bond acceptors (Lipinski definition) is 2. The molecule has 0 aromatic heterocycles. The SMILES string of the molecule is CC1CCCC(NCCN)CC1. The van der Waals surface area contributed by atoms with Crippen LogP contribution >= 0.6 is 0 Å². The predicted octanol–water partition coefficient (Wildman–Crippen LogP) is 1.50. The molecule has 0 radical (unpaired) electrons. The van der Waals surface area contributed by atoms with Gasteiger partial charge in [0.25, 0.3) is 0 Å². The lowest BCUT2D eigenvalue weighted by Crippen LogP contribution is -2.32. The normalized spacial score (nSPS) is 31.5. The lowest BCUT2D eigenvalue weighted by molar-refractivity contribution is 0.453. The van der Waals surface area contributed by atoms with Gasteiger partial charge in [0.15, 0.2) is 0 Å². The molecule has 2 atom stereocenters. The summed E-state index contributed by atoms with van der Waals surface area (Å²) in [4.78, 5) is 0. The molecular weight excluding hydrogens is 148 g/mol. The topological polar surface area (TPSA) is 38.0 Å². The van der Waals surface area contributed by atoms with E-state index in [4.69, 9.17) is 5.73 Å². The molecule has 1 aliphatic rings. The summed E-state index contributed by atoms with van der Waals surface area (Å²) in [5, 5.41) is 3.51. The monoisotopic (exact) mass is 170 g/mol. The van der Waals surface area contributed by atoms with Gasteiger partial charge in [-0.05, 0) is 25.2 Å². The zero-order chi connectivity index (χ0) is 8.81. The molecule has 0 spiro atoms. The third-order valence-corrected chi connectivity index (χ3v) is 2.83. The van der Waals surface area contributed by atoms with Crippen molar-refractivity contribution < 1.29 is 0 Å². The summed E-state index contributed by atoms with van der Waals surface area (Å²) in [5.41, 5.74) is 5.45. The Balaban J connectivity index is 2.17. The zero-order valence-electron chi connectivity index (χ0n) is 8.18. The molecule has 1 rings (SSSR count). The first-order chi connectivity index (χ1) is 5.83. The van der Waals surface area contributed by atoms with E-state index < -0.39 is 0 Å². The number of rotatable bonds is 3. The van der Waals surface area contributed by atoms with Crippen LogP contribution in [0.5, 0.6) is 0 Å². The lowest BCUT2D eigenvalue weighted by Gasteiger charge is -2.15. The fourth-order valence-electron chi connectivity index (χ4n) is 1.98. The van der Waals surface area contributed by atoms with Gasteiger partial charge in [-0.25, -0.2) is 0 Å². The third-order valence-electron chi connectivity index (χ3n) is 2.83. The van der Waals surface area contributed by atoms with Gasteiger partial charge in [0.1, 0.15) is 0 Å². The minimum Gasteiger partial charge on any atom is -0.329 e.